The van der Waals surface area contributed by atoms with Crippen LogP contribution < -0.4 is 0 Å². The Morgan fingerprint density at radius 1 is 1.18 bits per heavy atom. The summed E-state index contributed by atoms with van der Waals surface area (Å²) in [5.41, 5.74) is 2.39. The van der Waals surface area contributed by atoms with Gasteiger partial charge in [0.15, 0.2) is 5.76 Å². The summed E-state index contributed by atoms with van der Waals surface area (Å²) in [7, 11) is 0. The number of likely N-dealkylation sites (tertiary alicyclic amines) is 2. The van der Waals surface area contributed by atoms with E-state index in [1.54, 1.807) is 0 Å². The summed E-state index contributed by atoms with van der Waals surface area (Å²) in [6.45, 7) is 5.88. The molecule has 0 radical (unpaired) electrons. The minimum absolute atomic E-state index is 0.0269. The van der Waals surface area contributed by atoms with Crippen LogP contribution in [0.3, 0.4) is 0 Å². The first kappa shape index (κ1) is 17.9. The molecule has 1 atom stereocenters. The minimum atomic E-state index is 0.0269. The van der Waals surface area contributed by atoms with Gasteiger partial charge in [-0.05, 0) is 63.1 Å². The van der Waals surface area contributed by atoms with Crippen molar-refractivity contribution in [3.8, 4) is 0 Å². The van der Waals surface area contributed by atoms with Gasteiger partial charge in [-0.1, -0.05) is 35.5 Å². The first-order chi connectivity index (χ1) is 13.6. The Bertz CT molecular complexity index is 835. The molecule has 3 heterocycles. The summed E-state index contributed by atoms with van der Waals surface area (Å²) in [6.07, 6.45) is 5.66. The first-order valence-corrected chi connectivity index (χ1v) is 10.6. The molecule has 0 unspecified atom stereocenters. The second-order valence-corrected chi connectivity index (χ2v) is 9.08. The van der Waals surface area contributed by atoms with Crippen LogP contribution in [0.2, 0.25) is 0 Å². The van der Waals surface area contributed by atoms with Gasteiger partial charge in [0.25, 0.3) is 0 Å². The fourth-order valence-electron chi connectivity index (χ4n) is 5.12. The molecule has 3 fully saturated rings. The highest BCUT2D eigenvalue weighted by atomic mass is 16.5. The van der Waals surface area contributed by atoms with Gasteiger partial charge in [0, 0.05) is 18.7 Å². The number of hydrogen-bond donors (Lipinski definition) is 0. The molecular weight excluding hydrogens is 350 g/mol. The highest BCUT2D eigenvalue weighted by Gasteiger charge is 2.49. The summed E-state index contributed by atoms with van der Waals surface area (Å²) < 4.78 is 5.41. The number of amides is 1. The van der Waals surface area contributed by atoms with Crippen molar-refractivity contribution in [2.24, 2.45) is 5.41 Å². The van der Waals surface area contributed by atoms with E-state index in [0.717, 1.165) is 56.9 Å². The molecule has 0 bridgehead atoms. The Balaban J connectivity index is 1.32. The molecule has 3 aliphatic rings. The van der Waals surface area contributed by atoms with Crippen LogP contribution in [0, 0.1) is 12.3 Å². The molecule has 1 saturated carbocycles. The van der Waals surface area contributed by atoms with Crippen molar-refractivity contribution >= 4 is 5.91 Å². The lowest BCUT2D eigenvalue weighted by molar-refractivity contribution is -0.142. The molecule has 1 aromatic heterocycles. The second-order valence-electron chi connectivity index (χ2n) is 9.08. The Morgan fingerprint density at radius 3 is 2.57 bits per heavy atom. The highest BCUT2D eigenvalue weighted by Crippen LogP contribution is 2.48. The third-order valence-corrected chi connectivity index (χ3v) is 6.89. The van der Waals surface area contributed by atoms with E-state index in [0.29, 0.717) is 11.9 Å². The average Bonchev–Trinajstić information content (AvgIpc) is 3.48. The third kappa shape index (κ3) is 3.48. The van der Waals surface area contributed by atoms with Crippen molar-refractivity contribution in [2.75, 3.05) is 19.6 Å². The lowest BCUT2D eigenvalue weighted by Crippen LogP contribution is -2.54. The number of benzene rings is 1. The fraction of sp³-hybridized carbons (Fsp3) is 0.565. The van der Waals surface area contributed by atoms with E-state index in [4.69, 9.17) is 4.52 Å². The van der Waals surface area contributed by atoms with Crippen LogP contribution in [-0.4, -0.2) is 46.5 Å². The van der Waals surface area contributed by atoms with Crippen LogP contribution in [0.25, 0.3) is 0 Å². The van der Waals surface area contributed by atoms with Gasteiger partial charge in [0.05, 0.1) is 18.2 Å². The maximum absolute atomic E-state index is 13.2. The quantitative estimate of drug-likeness (QED) is 0.812. The molecule has 1 amide bonds. The van der Waals surface area contributed by atoms with Crippen molar-refractivity contribution in [3.05, 3.63) is 53.4 Å². The van der Waals surface area contributed by atoms with Crippen LogP contribution in [0.5, 0.6) is 0 Å². The minimum Gasteiger partial charge on any atom is -0.360 e. The van der Waals surface area contributed by atoms with E-state index in [9.17, 15) is 4.79 Å². The number of piperidine rings is 2. The third-order valence-electron chi connectivity index (χ3n) is 6.89. The van der Waals surface area contributed by atoms with Crippen LogP contribution >= 0.6 is 0 Å². The van der Waals surface area contributed by atoms with Gasteiger partial charge in [-0.25, -0.2) is 0 Å². The molecule has 28 heavy (non-hydrogen) atoms. The molecule has 2 aliphatic heterocycles. The monoisotopic (exact) mass is 379 g/mol. The summed E-state index contributed by atoms with van der Waals surface area (Å²) in [5.74, 6) is 1.34. The molecule has 148 valence electrons. The molecule has 5 heteroatoms. The van der Waals surface area contributed by atoms with Gasteiger partial charge in [-0.3, -0.25) is 9.69 Å². The number of aryl methyl sites for hydroxylation is 1. The Morgan fingerprint density at radius 2 is 1.93 bits per heavy atom. The number of carbonyl (C=O) groups excluding carboxylic acids is 1. The zero-order valence-electron chi connectivity index (χ0n) is 16.6. The lowest BCUT2D eigenvalue weighted by atomic mass is 9.67. The van der Waals surface area contributed by atoms with Gasteiger partial charge in [0.1, 0.15) is 0 Å². The molecule has 0 N–H and O–H groups in total. The summed E-state index contributed by atoms with van der Waals surface area (Å²) in [5, 5.41) is 4.01. The smallest absolute Gasteiger partial charge is 0.230 e. The molecule has 5 rings (SSSR count). The Labute approximate surface area is 166 Å². The van der Waals surface area contributed by atoms with Crippen molar-refractivity contribution in [1.29, 1.82) is 0 Å². The Hall–Kier alpha value is -2.14. The zero-order valence-corrected chi connectivity index (χ0v) is 16.6. The first-order valence-electron chi connectivity index (χ1n) is 10.6. The van der Waals surface area contributed by atoms with E-state index < -0.39 is 0 Å². The van der Waals surface area contributed by atoms with Crippen LogP contribution in [0.15, 0.2) is 40.9 Å². The summed E-state index contributed by atoms with van der Waals surface area (Å²) >= 11 is 0. The lowest BCUT2D eigenvalue weighted by Gasteiger charge is -2.50. The SMILES string of the molecule is Cc1cc(CN2CCC3(CC2)C[C@@H](c2ccccc2)C(=O)N(C2CC2)C3)on1. The topological polar surface area (TPSA) is 49.6 Å². The van der Waals surface area contributed by atoms with Crippen molar-refractivity contribution in [1.82, 2.24) is 15.0 Å². The molecule has 1 aromatic carbocycles. The van der Waals surface area contributed by atoms with E-state index in [-0.39, 0.29) is 11.3 Å². The van der Waals surface area contributed by atoms with E-state index >= 15 is 0 Å². The molecule has 5 nitrogen and oxygen atoms in total. The number of hydrogen-bond acceptors (Lipinski definition) is 4. The summed E-state index contributed by atoms with van der Waals surface area (Å²) in [6, 6.07) is 13.0. The number of rotatable bonds is 4. The van der Waals surface area contributed by atoms with E-state index in [1.807, 2.05) is 19.1 Å². The van der Waals surface area contributed by atoms with E-state index in [1.165, 1.54) is 18.4 Å². The van der Waals surface area contributed by atoms with Crippen molar-refractivity contribution < 1.29 is 9.32 Å². The molecule has 2 aromatic rings. The number of nitrogens with zero attached hydrogens (tertiary/aromatic N) is 3. The van der Waals surface area contributed by atoms with Crippen LogP contribution in [-0.2, 0) is 11.3 Å². The average molecular weight is 380 g/mol. The Kier molecular flexibility index (Phi) is 4.50. The maximum atomic E-state index is 13.2. The largest absolute Gasteiger partial charge is 0.360 e. The molecular formula is C23H29N3O2. The maximum Gasteiger partial charge on any atom is 0.230 e. The fourth-order valence-corrected chi connectivity index (χ4v) is 5.12. The van der Waals surface area contributed by atoms with E-state index in [2.05, 4.69) is 39.2 Å². The standard InChI is InChI=1S/C23H29N3O2/c1-17-13-20(28-24-17)15-25-11-9-23(10-12-25)14-21(18-5-3-2-4-6-18)22(27)26(16-23)19-7-8-19/h2-6,13,19,21H,7-12,14-16H2,1H3/t21-/m0/s1. The highest BCUT2D eigenvalue weighted by molar-refractivity contribution is 5.85. The van der Waals surface area contributed by atoms with Gasteiger partial charge in [-0.2, -0.15) is 0 Å². The van der Waals surface area contributed by atoms with Crippen LogP contribution in [0.1, 0.15) is 55.0 Å². The van der Waals surface area contributed by atoms with Crippen molar-refractivity contribution in [3.63, 3.8) is 0 Å². The predicted octanol–water partition coefficient (Wildman–Crippen LogP) is 3.74. The zero-order chi connectivity index (χ0) is 19.1. The van der Waals surface area contributed by atoms with Gasteiger partial charge in [0.2, 0.25) is 5.91 Å². The van der Waals surface area contributed by atoms with Crippen LogP contribution in [0.4, 0.5) is 0 Å². The molecule has 2 saturated heterocycles. The second kappa shape index (κ2) is 7.03. The number of carbonyl (C=O) groups is 1. The van der Waals surface area contributed by atoms with Gasteiger partial charge < -0.3 is 9.42 Å². The predicted molar refractivity (Wildman–Crippen MR) is 107 cm³/mol. The normalized spacial score (nSPS) is 25.4. The molecule has 1 aliphatic carbocycles. The van der Waals surface area contributed by atoms with Gasteiger partial charge >= 0.3 is 0 Å². The van der Waals surface area contributed by atoms with Gasteiger partial charge in [-0.15, -0.1) is 0 Å². The molecule has 1 spiro atoms. The summed E-state index contributed by atoms with van der Waals surface area (Å²) in [4.78, 5) is 17.9. The van der Waals surface area contributed by atoms with Crippen molar-refractivity contribution in [2.45, 2.75) is 57.5 Å². The number of aromatic nitrogens is 1.